The Morgan fingerprint density at radius 2 is 2.12 bits per heavy atom. The molecule has 0 spiro atoms. The van der Waals surface area contributed by atoms with Crippen LogP contribution >= 0.6 is 11.6 Å². The minimum absolute atomic E-state index is 0.0256. The van der Waals surface area contributed by atoms with Gasteiger partial charge in [-0.2, -0.15) is 5.26 Å². The van der Waals surface area contributed by atoms with Crippen LogP contribution < -0.4 is 5.32 Å². The van der Waals surface area contributed by atoms with E-state index in [9.17, 15) is 0 Å². The Kier molecular flexibility index (Phi) is 5.26. The van der Waals surface area contributed by atoms with E-state index in [2.05, 4.69) is 27.2 Å². The summed E-state index contributed by atoms with van der Waals surface area (Å²) in [6, 6.07) is 9.57. The van der Waals surface area contributed by atoms with E-state index in [0.717, 1.165) is 18.7 Å². The third kappa shape index (κ3) is 4.01. The number of nitriles is 1. The maximum atomic E-state index is 8.84. The monoisotopic (exact) mass is 343 g/mol. The number of likely N-dealkylation sites (N-methyl/N-ethyl adjacent to an activating group) is 1. The molecule has 2 aromatic rings. The van der Waals surface area contributed by atoms with Gasteiger partial charge in [0.2, 0.25) is 0 Å². The van der Waals surface area contributed by atoms with E-state index in [4.69, 9.17) is 21.6 Å². The molecule has 0 aliphatic carbocycles. The van der Waals surface area contributed by atoms with Crippen molar-refractivity contribution in [2.45, 2.75) is 12.1 Å². The molecule has 3 rings (SSSR count). The largest absolute Gasteiger partial charge is 0.373 e. The Labute approximate surface area is 146 Å². The molecule has 1 aromatic carbocycles. The molecule has 0 unspecified atom stereocenters. The first-order valence-electron chi connectivity index (χ1n) is 7.70. The number of hydrogen-bond acceptors (Lipinski definition) is 6. The third-order valence-corrected chi connectivity index (χ3v) is 4.22. The predicted octanol–water partition coefficient (Wildman–Crippen LogP) is 2.49. The summed E-state index contributed by atoms with van der Waals surface area (Å²) in [6.45, 7) is 2.41. The summed E-state index contributed by atoms with van der Waals surface area (Å²) < 4.78 is 5.97. The van der Waals surface area contributed by atoms with Gasteiger partial charge in [-0.3, -0.25) is 0 Å². The van der Waals surface area contributed by atoms with Crippen LogP contribution in [-0.4, -0.2) is 47.7 Å². The fraction of sp³-hybridized carbons (Fsp3) is 0.353. The summed E-state index contributed by atoms with van der Waals surface area (Å²) in [7, 11) is 2.08. The lowest BCUT2D eigenvalue weighted by molar-refractivity contribution is -0.0292. The first kappa shape index (κ1) is 16.7. The molecule has 0 saturated carbocycles. The Morgan fingerprint density at radius 3 is 2.75 bits per heavy atom. The van der Waals surface area contributed by atoms with E-state index in [-0.39, 0.29) is 17.8 Å². The van der Waals surface area contributed by atoms with Crippen LogP contribution in [0.2, 0.25) is 5.02 Å². The molecule has 0 bridgehead atoms. The van der Waals surface area contributed by atoms with Crippen molar-refractivity contribution >= 4 is 17.4 Å². The van der Waals surface area contributed by atoms with Crippen LogP contribution in [0.4, 0.5) is 5.82 Å². The van der Waals surface area contributed by atoms with Gasteiger partial charge in [-0.25, -0.2) is 9.97 Å². The molecule has 6 nitrogen and oxygen atoms in total. The Morgan fingerprint density at radius 1 is 1.33 bits per heavy atom. The molecule has 124 valence electrons. The summed E-state index contributed by atoms with van der Waals surface area (Å²) in [5.74, 6) is 0.603. The lowest BCUT2D eigenvalue weighted by atomic mass is 10.00. The number of rotatable bonds is 4. The van der Waals surface area contributed by atoms with Gasteiger partial charge in [0, 0.05) is 18.1 Å². The van der Waals surface area contributed by atoms with E-state index >= 15 is 0 Å². The number of morpholine rings is 1. The van der Waals surface area contributed by atoms with Crippen molar-refractivity contribution in [2.75, 3.05) is 32.1 Å². The maximum Gasteiger partial charge on any atom is 0.158 e. The van der Waals surface area contributed by atoms with Gasteiger partial charge in [0.1, 0.15) is 11.9 Å². The van der Waals surface area contributed by atoms with Gasteiger partial charge < -0.3 is 15.0 Å². The Bertz CT molecular complexity index is 713. The fourth-order valence-electron chi connectivity index (χ4n) is 2.69. The summed E-state index contributed by atoms with van der Waals surface area (Å²) >= 11 is 6.01. The standard InChI is InChI=1S/C17H18ClN5O/c1-23-6-7-24-15(11-23)17(12-2-4-13(18)5-3-12)22-16-10-20-14(8-19)9-21-16/h2-5,9-10,15,17H,6-7,11H2,1H3,(H,21,22)/t15-,17+/m0/s1. The highest BCUT2D eigenvalue weighted by Gasteiger charge is 2.28. The molecule has 24 heavy (non-hydrogen) atoms. The summed E-state index contributed by atoms with van der Waals surface area (Å²) in [5, 5.41) is 12.9. The fourth-order valence-corrected chi connectivity index (χ4v) is 2.82. The average molecular weight is 344 g/mol. The van der Waals surface area contributed by atoms with Crippen LogP contribution in [0.5, 0.6) is 0 Å². The number of nitrogens with zero attached hydrogens (tertiary/aromatic N) is 4. The molecule has 7 heteroatoms. The number of anilines is 1. The smallest absolute Gasteiger partial charge is 0.158 e. The number of benzene rings is 1. The van der Waals surface area contributed by atoms with E-state index < -0.39 is 0 Å². The normalized spacial score (nSPS) is 19.5. The van der Waals surface area contributed by atoms with Crippen molar-refractivity contribution in [3.05, 3.63) is 52.9 Å². The first-order valence-corrected chi connectivity index (χ1v) is 8.08. The van der Waals surface area contributed by atoms with Crippen molar-refractivity contribution in [2.24, 2.45) is 0 Å². The lowest BCUT2D eigenvalue weighted by Gasteiger charge is -2.36. The molecule has 1 aromatic heterocycles. The van der Waals surface area contributed by atoms with Gasteiger partial charge in [0.25, 0.3) is 0 Å². The van der Waals surface area contributed by atoms with Crippen LogP contribution in [-0.2, 0) is 4.74 Å². The van der Waals surface area contributed by atoms with Crippen LogP contribution in [0.25, 0.3) is 0 Å². The SMILES string of the molecule is CN1CCO[C@H]([C@H](Nc2cnc(C#N)cn2)c2ccc(Cl)cc2)C1. The molecular formula is C17H18ClN5O. The Hall–Kier alpha value is -2.20. The number of ether oxygens (including phenoxy) is 1. The number of nitrogens with one attached hydrogen (secondary N) is 1. The highest BCUT2D eigenvalue weighted by Crippen LogP contribution is 2.27. The zero-order chi connectivity index (χ0) is 16.9. The molecule has 1 aliphatic rings. The Balaban J connectivity index is 1.85. The van der Waals surface area contributed by atoms with Gasteiger partial charge in [-0.05, 0) is 24.7 Å². The van der Waals surface area contributed by atoms with Gasteiger partial charge in [0.15, 0.2) is 5.69 Å². The molecule has 0 amide bonds. The number of hydrogen-bond donors (Lipinski definition) is 1. The van der Waals surface area contributed by atoms with E-state index in [1.807, 2.05) is 30.3 Å². The zero-order valence-corrected chi connectivity index (χ0v) is 14.1. The number of aromatic nitrogens is 2. The zero-order valence-electron chi connectivity index (χ0n) is 13.3. The minimum atomic E-state index is -0.0905. The molecule has 1 fully saturated rings. The second-order valence-corrected chi connectivity index (χ2v) is 6.18. The molecule has 2 heterocycles. The van der Waals surface area contributed by atoms with Crippen LogP contribution in [0.1, 0.15) is 17.3 Å². The quantitative estimate of drug-likeness (QED) is 0.919. The van der Waals surface area contributed by atoms with Crippen molar-refractivity contribution < 1.29 is 4.74 Å². The summed E-state index contributed by atoms with van der Waals surface area (Å²) in [6.07, 6.45) is 2.99. The third-order valence-electron chi connectivity index (χ3n) is 3.97. The topological polar surface area (TPSA) is 74.1 Å². The highest BCUT2D eigenvalue weighted by molar-refractivity contribution is 6.30. The lowest BCUT2D eigenvalue weighted by Crippen LogP contribution is -2.44. The van der Waals surface area contributed by atoms with Gasteiger partial charge in [-0.1, -0.05) is 23.7 Å². The van der Waals surface area contributed by atoms with Crippen molar-refractivity contribution in [3.63, 3.8) is 0 Å². The van der Waals surface area contributed by atoms with Gasteiger partial charge in [0.05, 0.1) is 31.1 Å². The first-order chi connectivity index (χ1) is 11.7. The molecular weight excluding hydrogens is 326 g/mol. The molecule has 1 N–H and O–H groups in total. The van der Waals surface area contributed by atoms with Crippen LogP contribution in [0.3, 0.4) is 0 Å². The molecule has 1 saturated heterocycles. The van der Waals surface area contributed by atoms with Crippen molar-refractivity contribution in [1.82, 2.24) is 14.9 Å². The molecule has 0 radical (unpaired) electrons. The van der Waals surface area contributed by atoms with Gasteiger partial charge in [-0.15, -0.1) is 0 Å². The van der Waals surface area contributed by atoms with Crippen molar-refractivity contribution in [1.29, 1.82) is 5.26 Å². The number of halogens is 1. The second-order valence-electron chi connectivity index (χ2n) is 5.74. The summed E-state index contributed by atoms with van der Waals surface area (Å²) in [5.41, 5.74) is 1.35. The molecule has 2 atom stereocenters. The van der Waals surface area contributed by atoms with Gasteiger partial charge >= 0.3 is 0 Å². The minimum Gasteiger partial charge on any atom is -0.373 e. The van der Waals surface area contributed by atoms with E-state index in [1.54, 1.807) is 6.20 Å². The summed E-state index contributed by atoms with van der Waals surface area (Å²) in [4.78, 5) is 10.6. The highest BCUT2D eigenvalue weighted by atomic mass is 35.5. The predicted molar refractivity (Wildman–Crippen MR) is 91.8 cm³/mol. The average Bonchev–Trinajstić information content (AvgIpc) is 2.61. The van der Waals surface area contributed by atoms with E-state index in [0.29, 0.717) is 17.4 Å². The van der Waals surface area contributed by atoms with E-state index in [1.165, 1.54) is 6.20 Å². The van der Waals surface area contributed by atoms with Crippen LogP contribution in [0, 0.1) is 11.3 Å². The van der Waals surface area contributed by atoms with Crippen molar-refractivity contribution in [3.8, 4) is 6.07 Å². The molecule has 1 aliphatic heterocycles. The second kappa shape index (κ2) is 7.58. The van der Waals surface area contributed by atoms with Crippen LogP contribution in [0.15, 0.2) is 36.7 Å². The maximum absolute atomic E-state index is 8.84.